The van der Waals surface area contributed by atoms with Crippen LogP contribution >= 0.6 is 0 Å². The molecule has 0 aliphatic carbocycles. The fourth-order valence-corrected chi connectivity index (χ4v) is 1.98. The van der Waals surface area contributed by atoms with Gasteiger partial charge in [0.05, 0.1) is 6.54 Å². The van der Waals surface area contributed by atoms with Gasteiger partial charge in [0.25, 0.3) is 5.90 Å². The predicted octanol–water partition coefficient (Wildman–Crippen LogP) is 2.21. The lowest BCUT2D eigenvalue weighted by molar-refractivity contribution is -0.111. The Morgan fingerprint density at radius 1 is 1.17 bits per heavy atom. The summed E-state index contributed by atoms with van der Waals surface area (Å²) in [7, 11) is 0. The van der Waals surface area contributed by atoms with Gasteiger partial charge in [-0.2, -0.15) is 0 Å². The number of fused-ring (bicyclic) bond motifs is 1. The molecule has 0 saturated heterocycles. The van der Waals surface area contributed by atoms with Gasteiger partial charge in [0, 0.05) is 11.1 Å². The SMILES string of the molecule is O=C(Nc1cccc2ccccc12)C1=NCCO1. The molecule has 2 aromatic carbocycles. The maximum absolute atomic E-state index is 11.9. The highest BCUT2D eigenvalue weighted by atomic mass is 16.5. The maximum Gasteiger partial charge on any atom is 0.310 e. The second-order valence-corrected chi connectivity index (χ2v) is 4.02. The lowest BCUT2D eigenvalue weighted by Gasteiger charge is -2.08. The van der Waals surface area contributed by atoms with Crippen LogP contribution in [0.1, 0.15) is 0 Å². The average Bonchev–Trinajstić information content (AvgIpc) is 2.93. The van der Waals surface area contributed by atoms with E-state index in [-0.39, 0.29) is 11.8 Å². The lowest BCUT2D eigenvalue weighted by Crippen LogP contribution is -2.23. The quantitative estimate of drug-likeness (QED) is 0.874. The molecule has 1 amide bonds. The Kier molecular flexibility index (Phi) is 2.68. The van der Waals surface area contributed by atoms with Gasteiger partial charge in [-0.25, -0.2) is 4.99 Å². The van der Waals surface area contributed by atoms with Crippen LogP contribution in [0.3, 0.4) is 0 Å². The predicted molar refractivity (Wildman–Crippen MR) is 70.8 cm³/mol. The summed E-state index contributed by atoms with van der Waals surface area (Å²) in [5.41, 5.74) is 0.774. The van der Waals surface area contributed by atoms with Gasteiger partial charge in [0.1, 0.15) is 6.61 Å². The molecule has 0 unspecified atom stereocenters. The standard InChI is InChI=1S/C14H12N2O2/c17-13(14-15-8-9-18-14)16-12-7-3-5-10-4-1-2-6-11(10)12/h1-7H,8-9H2,(H,16,17). The number of nitrogens with one attached hydrogen (secondary N) is 1. The molecular formula is C14H12N2O2. The highest BCUT2D eigenvalue weighted by Crippen LogP contribution is 2.22. The number of ether oxygens (including phenoxy) is 1. The van der Waals surface area contributed by atoms with E-state index in [4.69, 9.17) is 4.74 Å². The molecule has 18 heavy (non-hydrogen) atoms. The van der Waals surface area contributed by atoms with Gasteiger partial charge in [-0.15, -0.1) is 0 Å². The Hall–Kier alpha value is -2.36. The van der Waals surface area contributed by atoms with Gasteiger partial charge in [-0.05, 0) is 11.5 Å². The average molecular weight is 240 g/mol. The first-order chi connectivity index (χ1) is 8.84. The fraction of sp³-hybridized carbons (Fsp3) is 0.143. The van der Waals surface area contributed by atoms with Crippen LogP contribution in [-0.2, 0) is 9.53 Å². The summed E-state index contributed by atoms with van der Waals surface area (Å²) in [6.45, 7) is 1.04. The van der Waals surface area contributed by atoms with Crippen LogP contribution in [0.4, 0.5) is 5.69 Å². The highest BCUT2D eigenvalue weighted by Gasteiger charge is 2.17. The molecular weight excluding hydrogens is 228 g/mol. The van der Waals surface area contributed by atoms with Crippen LogP contribution in [0, 0.1) is 0 Å². The number of carbonyl (C=O) groups is 1. The Morgan fingerprint density at radius 2 is 2.00 bits per heavy atom. The van der Waals surface area contributed by atoms with Gasteiger partial charge in [0.15, 0.2) is 0 Å². The Balaban J connectivity index is 1.93. The normalized spacial score (nSPS) is 14.1. The third-order valence-electron chi connectivity index (χ3n) is 2.82. The van der Waals surface area contributed by atoms with Gasteiger partial charge >= 0.3 is 5.91 Å². The molecule has 3 rings (SSSR count). The van der Waals surface area contributed by atoms with Crippen molar-refractivity contribution in [3.8, 4) is 0 Å². The van der Waals surface area contributed by atoms with Crippen molar-refractivity contribution in [2.75, 3.05) is 18.5 Å². The van der Waals surface area contributed by atoms with Crippen LogP contribution in [0.15, 0.2) is 47.5 Å². The van der Waals surface area contributed by atoms with E-state index in [0.29, 0.717) is 13.2 Å². The van der Waals surface area contributed by atoms with Crippen LogP contribution in [0.5, 0.6) is 0 Å². The Morgan fingerprint density at radius 3 is 2.83 bits per heavy atom. The zero-order valence-corrected chi connectivity index (χ0v) is 9.72. The molecule has 1 aliphatic heterocycles. The van der Waals surface area contributed by atoms with Crippen molar-refractivity contribution >= 4 is 28.3 Å². The van der Waals surface area contributed by atoms with E-state index in [1.807, 2.05) is 42.5 Å². The molecule has 2 aromatic rings. The second kappa shape index (κ2) is 4.49. The monoisotopic (exact) mass is 240 g/mol. The summed E-state index contributed by atoms with van der Waals surface area (Å²) in [5.74, 6) is -0.119. The minimum Gasteiger partial charge on any atom is -0.472 e. The zero-order valence-electron chi connectivity index (χ0n) is 9.72. The molecule has 0 spiro atoms. The number of benzene rings is 2. The number of rotatable bonds is 2. The van der Waals surface area contributed by atoms with E-state index < -0.39 is 0 Å². The first kappa shape index (κ1) is 10.8. The van der Waals surface area contributed by atoms with Crippen LogP contribution in [0.25, 0.3) is 10.8 Å². The summed E-state index contributed by atoms with van der Waals surface area (Å²) in [4.78, 5) is 15.9. The van der Waals surface area contributed by atoms with Crippen molar-refractivity contribution in [2.24, 2.45) is 4.99 Å². The first-order valence-corrected chi connectivity index (χ1v) is 5.81. The lowest BCUT2D eigenvalue weighted by atomic mass is 10.1. The first-order valence-electron chi connectivity index (χ1n) is 5.81. The van der Waals surface area contributed by atoms with Crippen LogP contribution in [-0.4, -0.2) is 25.0 Å². The summed E-state index contributed by atoms with van der Waals surface area (Å²) >= 11 is 0. The number of amides is 1. The summed E-state index contributed by atoms with van der Waals surface area (Å²) in [6, 6.07) is 13.7. The number of anilines is 1. The van der Waals surface area contributed by atoms with E-state index in [0.717, 1.165) is 16.5 Å². The van der Waals surface area contributed by atoms with E-state index in [2.05, 4.69) is 10.3 Å². The molecule has 0 radical (unpaired) electrons. The van der Waals surface area contributed by atoms with Crippen molar-refractivity contribution in [2.45, 2.75) is 0 Å². The van der Waals surface area contributed by atoms with Crippen molar-refractivity contribution < 1.29 is 9.53 Å². The number of nitrogens with zero attached hydrogens (tertiary/aromatic N) is 1. The molecule has 1 aliphatic rings. The van der Waals surface area contributed by atoms with Crippen LogP contribution in [0.2, 0.25) is 0 Å². The molecule has 0 saturated carbocycles. The largest absolute Gasteiger partial charge is 0.472 e. The number of hydrogen-bond acceptors (Lipinski definition) is 3. The summed E-state index contributed by atoms with van der Waals surface area (Å²) in [6.07, 6.45) is 0. The maximum atomic E-state index is 11.9. The van der Waals surface area contributed by atoms with Crippen LogP contribution < -0.4 is 5.32 Å². The molecule has 4 nitrogen and oxygen atoms in total. The topological polar surface area (TPSA) is 50.7 Å². The van der Waals surface area contributed by atoms with E-state index in [9.17, 15) is 4.79 Å². The zero-order chi connectivity index (χ0) is 12.4. The summed E-state index contributed by atoms with van der Waals surface area (Å²) in [5, 5.41) is 4.93. The van der Waals surface area contributed by atoms with E-state index in [1.165, 1.54) is 0 Å². The van der Waals surface area contributed by atoms with E-state index in [1.54, 1.807) is 0 Å². The van der Waals surface area contributed by atoms with Crippen molar-refractivity contribution in [3.05, 3.63) is 42.5 Å². The molecule has 0 bridgehead atoms. The highest BCUT2D eigenvalue weighted by molar-refractivity contribution is 6.40. The molecule has 1 heterocycles. The minimum absolute atomic E-state index is 0.169. The van der Waals surface area contributed by atoms with Gasteiger partial charge in [0.2, 0.25) is 0 Å². The van der Waals surface area contributed by atoms with E-state index >= 15 is 0 Å². The molecule has 0 aromatic heterocycles. The Bertz CT molecular complexity index is 629. The number of aliphatic imine (C=N–C) groups is 1. The minimum atomic E-state index is -0.288. The van der Waals surface area contributed by atoms with Gasteiger partial charge in [-0.1, -0.05) is 36.4 Å². The van der Waals surface area contributed by atoms with Crippen molar-refractivity contribution in [3.63, 3.8) is 0 Å². The molecule has 0 fully saturated rings. The smallest absolute Gasteiger partial charge is 0.310 e. The molecule has 0 atom stereocenters. The van der Waals surface area contributed by atoms with Crippen molar-refractivity contribution in [1.29, 1.82) is 0 Å². The number of hydrogen-bond donors (Lipinski definition) is 1. The number of carbonyl (C=O) groups excluding carboxylic acids is 1. The molecule has 1 N–H and O–H groups in total. The summed E-state index contributed by atoms with van der Waals surface area (Å²) < 4.78 is 5.14. The third-order valence-corrected chi connectivity index (χ3v) is 2.82. The fourth-order valence-electron chi connectivity index (χ4n) is 1.98. The van der Waals surface area contributed by atoms with Gasteiger partial charge in [-0.3, -0.25) is 4.79 Å². The molecule has 4 heteroatoms. The van der Waals surface area contributed by atoms with Gasteiger partial charge < -0.3 is 10.1 Å². The second-order valence-electron chi connectivity index (χ2n) is 4.02. The Labute approximate surface area is 104 Å². The van der Waals surface area contributed by atoms with Crippen molar-refractivity contribution in [1.82, 2.24) is 0 Å². The third kappa shape index (κ3) is 1.93. The molecule has 90 valence electrons.